The molecule has 0 aliphatic carbocycles. The summed E-state index contributed by atoms with van der Waals surface area (Å²) in [6.45, 7) is 6.52. The van der Waals surface area contributed by atoms with Gasteiger partial charge in [0.15, 0.2) is 6.10 Å². The van der Waals surface area contributed by atoms with Crippen LogP contribution in [0.1, 0.15) is 310 Å². The Morgan fingerprint density at radius 1 is 0.284 bits per heavy atom. The van der Waals surface area contributed by atoms with Gasteiger partial charge in [-0.05, 0) is 116 Å². The third-order valence-corrected chi connectivity index (χ3v) is 13.6. The number of hydrogen-bond acceptors (Lipinski definition) is 6. The molecule has 0 fully saturated rings. The number of carbonyl (C=O) groups excluding carboxylic acids is 3. The Hall–Kier alpha value is -3.41. The van der Waals surface area contributed by atoms with E-state index >= 15 is 0 Å². The van der Waals surface area contributed by atoms with E-state index in [0.717, 1.165) is 103 Å². The summed E-state index contributed by atoms with van der Waals surface area (Å²) in [7, 11) is 0. The van der Waals surface area contributed by atoms with Crippen LogP contribution < -0.4 is 0 Å². The van der Waals surface area contributed by atoms with Crippen molar-refractivity contribution < 1.29 is 28.6 Å². The van der Waals surface area contributed by atoms with Crippen molar-refractivity contribution in [1.29, 1.82) is 0 Å². The van der Waals surface area contributed by atoms with Crippen LogP contribution in [-0.2, 0) is 28.6 Å². The van der Waals surface area contributed by atoms with E-state index in [9.17, 15) is 14.4 Å². The molecule has 0 aliphatic rings. The number of ether oxygens (including phenoxy) is 3. The Morgan fingerprint density at radius 2 is 0.527 bits per heavy atom. The lowest BCUT2D eigenvalue weighted by atomic mass is 10.1. The van der Waals surface area contributed by atoms with E-state index in [1.807, 2.05) is 0 Å². The minimum Gasteiger partial charge on any atom is -0.462 e. The molecule has 0 amide bonds. The average molecular weight is 1030 g/mol. The molecule has 0 heterocycles. The second kappa shape index (κ2) is 62.1. The number of allylic oxidation sites excluding steroid dienone is 14. The Balaban J connectivity index is 4.34. The summed E-state index contributed by atoms with van der Waals surface area (Å²) in [5.41, 5.74) is 0. The normalized spacial score (nSPS) is 12.6. The first-order valence-electron chi connectivity index (χ1n) is 31.6. The number of hydrogen-bond donors (Lipinski definition) is 0. The standard InChI is InChI=1S/C68H118O6/c1-4-7-10-13-16-19-22-25-28-30-31-32-33-34-35-36-37-39-40-43-46-49-52-55-58-61-67(70)73-64-65(63-72-66(69)60-57-54-51-48-45-42-27-24-21-18-15-12-9-6-3)74-68(71)62-59-56-53-50-47-44-41-38-29-26-23-20-17-14-11-8-5-2/h8,11,17,20,22,24-27,29-31,33-34,65H,4-7,9-10,12-16,18-19,21,23,28,32,35-64H2,1-3H3/b11-8-,20-17-,25-22-,27-24-,29-26-,31-30-,34-33-. The first-order valence-corrected chi connectivity index (χ1v) is 31.6. The van der Waals surface area contributed by atoms with Crippen LogP contribution in [0.4, 0.5) is 0 Å². The van der Waals surface area contributed by atoms with E-state index in [4.69, 9.17) is 14.2 Å². The third kappa shape index (κ3) is 59.5. The van der Waals surface area contributed by atoms with Crippen LogP contribution >= 0.6 is 0 Å². The van der Waals surface area contributed by atoms with Crippen LogP contribution in [0.5, 0.6) is 0 Å². The van der Waals surface area contributed by atoms with Crippen LogP contribution in [0, 0.1) is 0 Å². The molecule has 0 saturated carbocycles. The van der Waals surface area contributed by atoms with Gasteiger partial charge in [-0.2, -0.15) is 0 Å². The molecule has 0 bridgehead atoms. The van der Waals surface area contributed by atoms with Crippen molar-refractivity contribution in [1.82, 2.24) is 0 Å². The molecule has 6 heteroatoms. The summed E-state index contributed by atoms with van der Waals surface area (Å²) in [5.74, 6) is -0.897. The minimum atomic E-state index is -0.788. The van der Waals surface area contributed by atoms with Gasteiger partial charge in [0, 0.05) is 19.3 Å². The van der Waals surface area contributed by atoms with Gasteiger partial charge in [0.2, 0.25) is 0 Å². The van der Waals surface area contributed by atoms with Gasteiger partial charge in [-0.15, -0.1) is 0 Å². The molecule has 0 spiro atoms. The Bertz CT molecular complexity index is 1420. The lowest BCUT2D eigenvalue weighted by Gasteiger charge is -2.18. The quantitative estimate of drug-likeness (QED) is 0.0261. The van der Waals surface area contributed by atoms with Crippen LogP contribution in [0.15, 0.2) is 85.1 Å². The zero-order chi connectivity index (χ0) is 53.6. The Labute approximate surface area is 458 Å². The van der Waals surface area contributed by atoms with Crippen LogP contribution in [0.25, 0.3) is 0 Å². The minimum absolute atomic E-state index is 0.0846. The van der Waals surface area contributed by atoms with E-state index in [0.29, 0.717) is 19.3 Å². The van der Waals surface area contributed by atoms with Gasteiger partial charge in [-0.25, -0.2) is 0 Å². The molecule has 0 rings (SSSR count). The van der Waals surface area contributed by atoms with Gasteiger partial charge < -0.3 is 14.2 Å². The molecule has 74 heavy (non-hydrogen) atoms. The van der Waals surface area contributed by atoms with Crippen LogP contribution in [0.3, 0.4) is 0 Å². The van der Waals surface area contributed by atoms with Gasteiger partial charge >= 0.3 is 17.9 Å². The largest absolute Gasteiger partial charge is 0.462 e. The van der Waals surface area contributed by atoms with Crippen molar-refractivity contribution in [3.8, 4) is 0 Å². The van der Waals surface area contributed by atoms with Crippen LogP contribution in [-0.4, -0.2) is 37.2 Å². The lowest BCUT2D eigenvalue weighted by Crippen LogP contribution is -2.30. The summed E-state index contributed by atoms with van der Waals surface area (Å²) in [6.07, 6.45) is 81.5. The molecule has 0 aromatic carbocycles. The van der Waals surface area contributed by atoms with Crippen molar-refractivity contribution in [2.45, 2.75) is 316 Å². The SMILES string of the molecule is CC/C=C\C/C=C\C/C=C\CCCCCCCCCC(=O)OC(COC(=O)CCCCCCC/C=C\CCCCCCC)COC(=O)CCCCCCCCCCCC/C=C\C/C=C\C/C=C\CCCCCCC. The summed E-state index contributed by atoms with van der Waals surface area (Å²) in [6, 6.07) is 0. The fraction of sp³-hybridized carbons (Fsp3) is 0.750. The molecule has 0 saturated heterocycles. The average Bonchev–Trinajstić information content (AvgIpc) is 3.40. The molecule has 6 nitrogen and oxygen atoms in total. The molecule has 1 unspecified atom stereocenters. The molecule has 1 atom stereocenters. The highest BCUT2D eigenvalue weighted by Crippen LogP contribution is 2.16. The molecule has 0 aromatic rings. The van der Waals surface area contributed by atoms with Crippen molar-refractivity contribution in [2.75, 3.05) is 13.2 Å². The fourth-order valence-electron chi connectivity index (χ4n) is 8.87. The maximum absolute atomic E-state index is 12.9. The van der Waals surface area contributed by atoms with Crippen molar-refractivity contribution >= 4 is 17.9 Å². The predicted molar refractivity (Wildman–Crippen MR) is 321 cm³/mol. The van der Waals surface area contributed by atoms with E-state index in [1.54, 1.807) is 0 Å². The lowest BCUT2D eigenvalue weighted by molar-refractivity contribution is -0.167. The van der Waals surface area contributed by atoms with Crippen molar-refractivity contribution in [3.63, 3.8) is 0 Å². The number of carbonyl (C=O) groups is 3. The third-order valence-electron chi connectivity index (χ3n) is 13.6. The molecular weight excluding hydrogens is 913 g/mol. The first kappa shape index (κ1) is 70.6. The fourth-order valence-corrected chi connectivity index (χ4v) is 8.87. The molecule has 0 N–H and O–H groups in total. The monoisotopic (exact) mass is 1030 g/mol. The number of esters is 3. The van der Waals surface area contributed by atoms with E-state index < -0.39 is 6.10 Å². The molecule has 0 radical (unpaired) electrons. The van der Waals surface area contributed by atoms with E-state index in [1.165, 1.54) is 167 Å². The summed E-state index contributed by atoms with van der Waals surface area (Å²) in [4.78, 5) is 38.3. The predicted octanol–water partition coefficient (Wildman–Crippen LogP) is 21.5. The zero-order valence-corrected chi connectivity index (χ0v) is 48.8. The second-order valence-electron chi connectivity index (χ2n) is 20.9. The number of unbranched alkanes of at least 4 members (excludes halogenated alkanes) is 32. The van der Waals surface area contributed by atoms with E-state index in [2.05, 4.69) is 106 Å². The second-order valence-corrected chi connectivity index (χ2v) is 20.9. The van der Waals surface area contributed by atoms with Gasteiger partial charge in [0.1, 0.15) is 13.2 Å². The summed E-state index contributed by atoms with van der Waals surface area (Å²) < 4.78 is 16.9. The number of rotatable bonds is 57. The first-order chi connectivity index (χ1) is 36.5. The highest BCUT2D eigenvalue weighted by molar-refractivity contribution is 5.71. The molecule has 426 valence electrons. The summed E-state index contributed by atoms with van der Waals surface area (Å²) >= 11 is 0. The Morgan fingerprint density at radius 3 is 0.838 bits per heavy atom. The highest BCUT2D eigenvalue weighted by Gasteiger charge is 2.19. The topological polar surface area (TPSA) is 78.9 Å². The van der Waals surface area contributed by atoms with Crippen molar-refractivity contribution in [3.05, 3.63) is 85.1 Å². The maximum atomic E-state index is 12.9. The molecule has 0 aromatic heterocycles. The Kier molecular flexibility index (Phi) is 59.3. The molecular formula is C68H118O6. The van der Waals surface area contributed by atoms with E-state index in [-0.39, 0.29) is 31.1 Å². The van der Waals surface area contributed by atoms with Gasteiger partial charge in [0.25, 0.3) is 0 Å². The highest BCUT2D eigenvalue weighted by atomic mass is 16.6. The zero-order valence-electron chi connectivity index (χ0n) is 48.8. The smallest absolute Gasteiger partial charge is 0.306 e. The van der Waals surface area contributed by atoms with Crippen LogP contribution in [0.2, 0.25) is 0 Å². The van der Waals surface area contributed by atoms with Gasteiger partial charge in [-0.1, -0.05) is 260 Å². The maximum Gasteiger partial charge on any atom is 0.306 e. The van der Waals surface area contributed by atoms with Gasteiger partial charge in [0.05, 0.1) is 0 Å². The van der Waals surface area contributed by atoms with Crippen molar-refractivity contribution in [2.24, 2.45) is 0 Å². The van der Waals surface area contributed by atoms with Gasteiger partial charge in [-0.3, -0.25) is 14.4 Å². The summed E-state index contributed by atoms with van der Waals surface area (Å²) in [5, 5.41) is 0. The molecule has 0 aliphatic heterocycles.